The highest BCUT2D eigenvalue weighted by Crippen LogP contribution is 2.42. The Balaban J connectivity index is 1.42. The van der Waals surface area contributed by atoms with Crippen LogP contribution in [0.4, 0.5) is 10.6 Å². The predicted molar refractivity (Wildman–Crippen MR) is 100 cm³/mol. The van der Waals surface area contributed by atoms with Crippen molar-refractivity contribution in [3.8, 4) is 15.8 Å². The number of nitrogens with one attached hydrogen (secondary N) is 1. The number of thiazole rings is 1. The third kappa shape index (κ3) is 3.72. The van der Waals surface area contributed by atoms with Crippen LogP contribution < -0.4 is 10.1 Å². The fourth-order valence-corrected chi connectivity index (χ4v) is 3.84. The van der Waals surface area contributed by atoms with E-state index in [1.54, 1.807) is 6.07 Å². The van der Waals surface area contributed by atoms with E-state index in [2.05, 4.69) is 36.3 Å². The van der Waals surface area contributed by atoms with Gasteiger partial charge in [-0.15, -0.1) is 10.2 Å². The second-order valence-corrected chi connectivity index (χ2v) is 7.35. The van der Waals surface area contributed by atoms with Gasteiger partial charge in [-0.3, -0.25) is 4.98 Å². The quantitative estimate of drug-likeness (QED) is 0.622. The Labute approximate surface area is 159 Å². The van der Waals surface area contributed by atoms with Crippen molar-refractivity contribution >= 4 is 23.3 Å². The molecule has 1 fully saturated rings. The predicted octanol–water partition coefficient (Wildman–Crippen LogP) is 3.59. The molecule has 1 aliphatic rings. The Bertz CT molecular complexity index is 926. The molecule has 3 aromatic rings. The van der Waals surface area contributed by atoms with Crippen molar-refractivity contribution in [2.45, 2.75) is 24.7 Å². The van der Waals surface area contributed by atoms with Gasteiger partial charge in [0.1, 0.15) is 16.5 Å². The van der Waals surface area contributed by atoms with Gasteiger partial charge in [0.15, 0.2) is 0 Å². The fourth-order valence-electron chi connectivity index (χ4n) is 3.11. The molecule has 0 radical (unpaired) electrons. The SMILES string of the molecule is O=C(O)Oc1cnc(-c2ccc(NCC3(c4ccccn4)CCC3)nn2)s1. The molecule has 1 aliphatic carbocycles. The highest BCUT2D eigenvalue weighted by atomic mass is 32.1. The van der Waals surface area contributed by atoms with Crippen LogP contribution in [0.25, 0.3) is 10.7 Å². The summed E-state index contributed by atoms with van der Waals surface area (Å²) < 4.78 is 4.58. The summed E-state index contributed by atoms with van der Waals surface area (Å²) in [6, 6.07) is 9.67. The number of carboxylic acid groups (broad SMARTS) is 1. The van der Waals surface area contributed by atoms with Gasteiger partial charge in [0, 0.05) is 23.9 Å². The van der Waals surface area contributed by atoms with Crippen LogP contribution >= 0.6 is 11.3 Å². The molecule has 2 N–H and O–H groups in total. The summed E-state index contributed by atoms with van der Waals surface area (Å²) in [5.41, 5.74) is 1.73. The van der Waals surface area contributed by atoms with Gasteiger partial charge in [0.05, 0.1) is 6.20 Å². The molecule has 0 bridgehead atoms. The number of hydrogen-bond donors (Lipinski definition) is 2. The van der Waals surface area contributed by atoms with Crippen LogP contribution in [-0.4, -0.2) is 38.0 Å². The fraction of sp³-hybridized carbons (Fsp3) is 0.278. The van der Waals surface area contributed by atoms with E-state index in [1.807, 2.05) is 24.4 Å². The van der Waals surface area contributed by atoms with Crippen LogP contribution in [-0.2, 0) is 5.41 Å². The first-order valence-electron chi connectivity index (χ1n) is 8.51. The molecule has 9 heteroatoms. The number of nitrogens with zero attached hydrogens (tertiary/aromatic N) is 4. The Hall–Kier alpha value is -3.07. The van der Waals surface area contributed by atoms with E-state index in [1.165, 1.54) is 12.6 Å². The number of rotatable bonds is 6. The maximum atomic E-state index is 10.6. The third-order valence-corrected chi connectivity index (χ3v) is 5.58. The Morgan fingerprint density at radius 2 is 2.11 bits per heavy atom. The lowest BCUT2D eigenvalue weighted by molar-refractivity contribution is 0.146. The van der Waals surface area contributed by atoms with Crippen molar-refractivity contribution in [2.75, 3.05) is 11.9 Å². The smallest absolute Gasteiger partial charge is 0.449 e. The van der Waals surface area contributed by atoms with Crippen LogP contribution in [0.5, 0.6) is 5.06 Å². The first-order chi connectivity index (χ1) is 13.1. The average molecular weight is 383 g/mol. The zero-order valence-corrected chi connectivity index (χ0v) is 15.1. The van der Waals surface area contributed by atoms with Crippen molar-refractivity contribution in [3.63, 3.8) is 0 Å². The Morgan fingerprint density at radius 3 is 2.74 bits per heavy atom. The van der Waals surface area contributed by atoms with Gasteiger partial charge < -0.3 is 15.2 Å². The van der Waals surface area contributed by atoms with Gasteiger partial charge >= 0.3 is 6.16 Å². The molecule has 0 amide bonds. The number of aromatic nitrogens is 4. The molecule has 0 saturated heterocycles. The number of hydrogen-bond acceptors (Lipinski definition) is 8. The van der Waals surface area contributed by atoms with Crippen molar-refractivity contribution in [1.82, 2.24) is 20.2 Å². The molecule has 0 aromatic carbocycles. The summed E-state index contributed by atoms with van der Waals surface area (Å²) in [6.07, 6.45) is 5.24. The molecule has 8 nitrogen and oxygen atoms in total. The molecular weight excluding hydrogens is 366 g/mol. The van der Waals surface area contributed by atoms with Crippen LogP contribution in [0.3, 0.4) is 0 Å². The molecule has 0 atom stereocenters. The van der Waals surface area contributed by atoms with E-state index in [9.17, 15) is 4.79 Å². The molecule has 3 heterocycles. The summed E-state index contributed by atoms with van der Waals surface area (Å²) in [6.45, 7) is 0.756. The first-order valence-corrected chi connectivity index (χ1v) is 9.32. The van der Waals surface area contributed by atoms with E-state index >= 15 is 0 Å². The molecule has 0 spiro atoms. The third-order valence-electron chi connectivity index (χ3n) is 4.68. The zero-order chi connectivity index (χ0) is 18.7. The molecule has 4 rings (SSSR count). The van der Waals surface area contributed by atoms with Crippen LogP contribution in [0, 0.1) is 0 Å². The lowest BCUT2D eigenvalue weighted by Crippen LogP contribution is -2.41. The van der Waals surface area contributed by atoms with Crippen LogP contribution in [0.2, 0.25) is 0 Å². The second-order valence-electron chi connectivity index (χ2n) is 6.36. The lowest BCUT2D eigenvalue weighted by atomic mass is 9.66. The summed E-state index contributed by atoms with van der Waals surface area (Å²) in [5, 5.41) is 21.1. The molecule has 27 heavy (non-hydrogen) atoms. The van der Waals surface area contributed by atoms with Crippen molar-refractivity contribution < 1.29 is 14.6 Å². The standard InChI is InChI=1S/C18H17N5O3S/c24-17(25)26-15-10-20-16(27-15)12-5-6-14(23-22-12)21-11-18(7-3-8-18)13-4-1-2-9-19-13/h1-2,4-6,9-10H,3,7-8,11H2,(H,21,23)(H,24,25). The average Bonchev–Trinajstić information content (AvgIpc) is 3.10. The maximum Gasteiger partial charge on any atom is 0.512 e. The lowest BCUT2D eigenvalue weighted by Gasteiger charge is -2.41. The summed E-state index contributed by atoms with van der Waals surface area (Å²) in [7, 11) is 0. The number of anilines is 1. The van der Waals surface area contributed by atoms with Gasteiger partial charge in [0.25, 0.3) is 0 Å². The first kappa shape index (κ1) is 17.3. The summed E-state index contributed by atoms with van der Waals surface area (Å²) >= 11 is 1.10. The topological polar surface area (TPSA) is 110 Å². The number of carbonyl (C=O) groups is 1. The van der Waals surface area contributed by atoms with Gasteiger partial charge in [-0.2, -0.15) is 0 Å². The van der Waals surface area contributed by atoms with Gasteiger partial charge in [-0.1, -0.05) is 23.8 Å². The van der Waals surface area contributed by atoms with Crippen molar-refractivity contribution in [2.24, 2.45) is 0 Å². The van der Waals surface area contributed by atoms with Crippen LogP contribution in [0.1, 0.15) is 25.0 Å². The van der Waals surface area contributed by atoms with E-state index in [-0.39, 0.29) is 10.5 Å². The largest absolute Gasteiger partial charge is 0.512 e. The molecule has 0 aliphatic heterocycles. The monoisotopic (exact) mass is 383 g/mol. The van der Waals surface area contributed by atoms with E-state index < -0.39 is 6.16 Å². The van der Waals surface area contributed by atoms with Gasteiger partial charge in [-0.25, -0.2) is 9.78 Å². The Morgan fingerprint density at radius 1 is 1.22 bits per heavy atom. The van der Waals surface area contributed by atoms with Crippen LogP contribution in [0.15, 0.2) is 42.7 Å². The normalized spacial score (nSPS) is 15.0. The second kappa shape index (κ2) is 7.28. The highest BCUT2D eigenvalue weighted by Gasteiger charge is 2.39. The molecule has 0 unspecified atom stereocenters. The van der Waals surface area contributed by atoms with Crippen molar-refractivity contribution in [1.29, 1.82) is 0 Å². The van der Waals surface area contributed by atoms with Crippen molar-refractivity contribution in [3.05, 3.63) is 48.4 Å². The minimum Gasteiger partial charge on any atom is -0.449 e. The number of pyridine rings is 1. The van der Waals surface area contributed by atoms with E-state index in [4.69, 9.17) is 5.11 Å². The summed E-state index contributed by atoms with van der Waals surface area (Å²) in [4.78, 5) is 19.2. The molecular formula is C18H17N5O3S. The highest BCUT2D eigenvalue weighted by molar-refractivity contribution is 7.16. The zero-order valence-electron chi connectivity index (χ0n) is 14.3. The number of ether oxygens (including phenoxy) is 1. The molecule has 3 aromatic heterocycles. The summed E-state index contributed by atoms with van der Waals surface area (Å²) in [5.74, 6) is 0.680. The van der Waals surface area contributed by atoms with Gasteiger partial charge in [-0.05, 0) is 37.1 Å². The molecule has 138 valence electrons. The molecule has 1 saturated carbocycles. The minimum absolute atomic E-state index is 0.0555. The minimum atomic E-state index is -1.37. The van der Waals surface area contributed by atoms with Gasteiger partial charge in [0.2, 0.25) is 5.06 Å². The maximum absolute atomic E-state index is 10.6. The van der Waals surface area contributed by atoms with E-state index in [0.717, 1.165) is 36.4 Å². The van der Waals surface area contributed by atoms with E-state index in [0.29, 0.717) is 16.5 Å². The Kier molecular flexibility index (Phi) is 4.68.